The molecule has 0 aliphatic carbocycles. The summed E-state index contributed by atoms with van der Waals surface area (Å²) in [4.78, 5) is 31.6. The van der Waals surface area contributed by atoms with Crippen LogP contribution in [0.2, 0.25) is 0 Å². The van der Waals surface area contributed by atoms with Crippen molar-refractivity contribution in [3.05, 3.63) is 22.1 Å². The topological polar surface area (TPSA) is 105 Å². The first-order chi connectivity index (χ1) is 7.91. The Labute approximate surface area is 96.3 Å². The number of hydrogen-bond acceptors (Lipinski definition) is 7. The van der Waals surface area contributed by atoms with E-state index in [4.69, 9.17) is 14.2 Å². The first-order valence-corrected chi connectivity index (χ1v) is 4.72. The second kappa shape index (κ2) is 5.28. The highest BCUT2D eigenvalue weighted by Gasteiger charge is 2.41. The van der Waals surface area contributed by atoms with Crippen molar-refractivity contribution >= 4 is 11.9 Å². The van der Waals surface area contributed by atoms with Crippen LogP contribution in [0.1, 0.15) is 13.8 Å². The average molecular weight is 245 g/mol. The molecule has 0 aromatic carbocycles. The molecule has 0 N–H and O–H groups in total. The van der Waals surface area contributed by atoms with Crippen molar-refractivity contribution in [3.8, 4) is 0 Å². The molecular formula is C9H11NO7. The Morgan fingerprint density at radius 3 is 2.47 bits per heavy atom. The molecule has 0 amide bonds. The van der Waals surface area contributed by atoms with Crippen LogP contribution in [-0.2, 0) is 23.8 Å². The van der Waals surface area contributed by atoms with E-state index in [2.05, 4.69) is 0 Å². The van der Waals surface area contributed by atoms with Gasteiger partial charge >= 0.3 is 17.6 Å². The van der Waals surface area contributed by atoms with Gasteiger partial charge in [-0.15, -0.1) is 0 Å². The zero-order chi connectivity index (χ0) is 13.0. The Balaban J connectivity index is 2.91. The SMILES string of the molecule is CC(=O)O[C@@H]1C([N+](=O)[O-])=COC[C@H]1OC(C)=O. The van der Waals surface area contributed by atoms with Gasteiger partial charge in [0.2, 0.25) is 6.10 Å². The Morgan fingerprint density at radius 2 is 2.00 bits per heavy atom. The van der Waals surface area contributed by atoms with Crippen LogP contribution in [0.25, 0.3) is 0 Å². The van der Waals surface area contributed by atoms with E-state index in [1.807, 2.05) is 0 Å². The smallest absolute Gasteiger partial charge is 0.324 e. The van der Waals surface area contributed by atoms with Gasteiger partial charge in [0.1, 0.15) is 6.61 Å². The second-order valence-electron chi connectivity index (χ2n) is 3.31. The fourth-order valence-electron chi connectivity index (χ4n) is 1.34. The molecule has 0 spiro atoms. The Bertz CT molecular complexity index is 376. The van der Waals surface area contributed by atoms with E-state index in [0.717, 1.165) is 20.1 Å². The molecule has 0 fully saturated rings. The molecule has 2 atom stereocenters. The molecule has 0 bridgehead atoms. The van der Waals surface area contributed by atoms with E-state index in [-0.39, 0.29) is 6.61 Å². The zero-order valence-corrected chi connectivity index (χ0v) is 9.24. The number of carbonyl (C=O) groups is 2. The fourth-order valence-corrected chi connectivity index (χ4v) is 1.34. The van der Waals surface area contributed by atoms with Crippen LogP contribution < -0.4 is 0 Å². The van der Waals surface area contributed by atoms with Gasteiger partial charge in [0.05, 0.1) is 4.92 Å². The highest BCUT2D eigenvalue weighted by atomic mass is 16.6. The lowest BCUT2D eigenvalue weighted by Crippen LogP contribution is -2.43. The van der Waals surface area contributed by atoms with Crippen molar-refractivity contribution in [3.63, 3.8) is 0 Å². The molecule has 0 unspecified atom stereocenters. The maximum Gasteiger partial charge on any atom is 0.324 e. The highest BCUT2D eigenvalue weighted by Crippen LogP contribution is 2.20. The lowest BCUT2D eigenvalue weighted by Gasteiger charge is -2.26. The number of carbonyl (C=O) groups excluding carboxylic acids is 2. The number of esters is 2. The third-order valence-electron chi connectivity index (χ3n) is 1.91. The van der Waals surface area contributed by atoms with E-state index >= 15 is 0 Å². The van der Waals surface area contributed by atoms with Crippen molar-refractivity contribution < 1.29 is 28.7 Å². The predicted molar refractivity (Wildman–Crippen MR) is 52.1 cm³/mol. The van der Waals surface area contributed by atoms with E-state index < -0.39 is 34.8 Å². The van der Waals surface area contributed by atoms with Gasteiger partial charge in [-0.3, -0.25) is 19.7 Å². The first kappa shape index (κ1) is 12.9. The van der Waals surface area contributed by atoms with E-state index in [1.54, 1.807) is 0 Å². The number of rotatable bonds is 3. The fraction of sp³-hybridized carbons (Fsp3) is 0.556. The largest absolute Gasteiger partial charge is 0.490 e. The van der Waals surface area contributed by atoms with Gasteiger partial charge < -0.3 is 14.2 Å². The lowest BCUT2D eigenvalue weighted by molar-refractivity contribution is -0.442. The molecule has 1 aliphatic rings. The Hall–Kier alpha value is -2.12. The molecule has 0 saturated heterocycles. The molecular weight excluding hydrogens is 234 g/mol. The standard InChI is InChI=1S/C9H11NO7/c1-5(11)16-8-4-15-3-7(10(13)14)9(8)17-6(2)12/h3,8-9H,4H2,1-2H3/t8-,9-/m1/s1. The molecule has 8 heteroatoms. The highest BCUT2D eigenvalue weighted by molar-refractivity contribution is 5.67. The molecule has 17 heavy (non-hydrogen) atoms. The van der Waals surface area contributed by atoms with Crippen LogP contribution in [0.4, 0.5) is 0 Å². The summed E-state index contributed by atoms with van der Waals surface area (Å²) in [6.45, 7) is 2.15. The van der Waals surface area contributed by atoms with E-state index in [9.17, 15) is 19.7 Å². The van der Waals surface area contributed by atoms with Crippen molar-refractivity contribution in [2.24, 2.45) is 0 Å². The van der Waals surface area contributed by atoms with Crippen LogP contribution >= 0.6 is 0 Å². The van der Waals surface area contributed by atoms with Gasteiger partial charge in [0.25, 0.3) is 0 Å². The van der Waals surface area contributed by atoms with Gasteiger partial charge in [-0.05, 0) is 0 Å². The molecule has 1 aliphatic heterocycles. The molecule has 94 valence electrons. The maximum absolute atomic E-state index is 10.9. The number of ether oxygens (including phenoxy) is 3. The van der Waals surface area contributed by atoms with Crippen LogP contribution in [0.5, 0.6) is 0 Å². The predicted octanol–water partition coefficient (Wildman–Crippen LogP) is -0.00190. The number of nitro groups is 1. The summed E-state index contributed by atoms with van der Waals surface area (Å²) in [7, 11) is 0. The van der Waals surface area contributed by atoms with Crippen LogP contribution in [0.3, 0.4) is 0 Å². The summed E-state index contributed by atoms with van der Waals surface area (Å²) < 4.78 is 14.4. The van der Waals surface area contributed by atoms with Gasteiger partial charge in [0.15, 0.2) is 12.4 Å². The lowest BCUT2D eigenvalue weighted by atomic mass is 10.1. The Kier molecular flexibility index (Phi) is 4.02. The molecule has 1 heterocycles. The summed E-state index contributed by atoms with van der Waals surface area (Å²) in [5.41, 5.74) is -0.460. The van der Waals surface area contributed by atoms with Crippen molar-refractivity contribution in [1.82, 2.24) is 0 Å². The van der Waals surface area contributed by atoms with Gasteiger partial charge in [0, 0.05) is 13.8 Å². The quantitative estimate of drug-likeness (QED) is 0.391. The second-order valence-corrected chi connectivity index (χ2v) is 3.31. The van der Waals surface area contributed by atoms with Crippen molar-refractivity contribution in [2.75, 3.05) is 6.61 Å². The number of nitrogens with zero attached hydrogens (tertiary/aromatic N) is 1. The van der Waals surface area contributed by atoms with Gasteiger partial charge in [-0.1, -0.05) is 0 Å². The zero-order valence-electron chi connectivity index (χ0n) is 9.24. The third kappa shape index (κ3) is 3.44. The number of hydrogen-bond donors (Lipinski definition) is 0. The molecule has 0 radical (unpaired) electrons. The summed E-state index contributed by atoms with van der Waals surface area (Å²) >= 11 is 0. The minimum Gasteiger partial charge on any atom is -0.490 e. The first-order valence-electron chi connectivity index (χ1n) is 4.72. The van der Waals surface area contributed by atoms with E-state index in [0.29, 0.717) is 0 Å². The van der Waals surface area contributed by atoms with Crippen LogP contribution in [0.15, 0.2) is 12.0 Å². The molecule has 1 rings (SSSR count). The van der Waals surface area contributed by atoms with Crippen LogP contribution in [-0.4, -0.2) is 35.7 Å². The Morgan fingerprint density at radius 1 is 1.41 bits per heavy atom. The molecule has 0 aromatic rings. The summed E-state index contributed by atoms with van der Waals surface area (Å²) in [6.07, 6.45) is -1.38. The summed E-state index contributed by atoms with van der Waals surface area (Å²) in [5, 5.41) is 10.7. The van der Waals surface area contributed by atoms with Gasteiger partial charge in [-0.2, -0.15) is 0 Å². The molecule has 0 saturated carbocycles. The molecule has 0 aromatic heterocycles. The molecule has 8 nitrogen and oxygen atoms in total. The summed E-state index contributed by atoms with van der Waals surface area (Å²) in [6, 6.07) is 0. The normalized spacial score (nSPS) is 23.1. The van der Waals surface area contributed by atoms with Crippen molar-refractivity contribution in [2.45, 2.75) is 26.1 Å². The third-order valence-corrected chi connectivity index (χ3v) is 1.91. The van der Waals surface area contributed by atoms with Crippen molar-refractivity contribution in [1.29, 1.82) is 0 Å². The summed E-state index contributed by atoms with van der Waals surface area (Å²) in [5.74, 6) is -1.35. The monoisotopic (exact) mass is 245 g/mol. The maximum atomic E-state index is 10.9. The van der Waals surface area contributed by atoms with Gasteiger partial charge in [-0.25, -0.2) is 0 Å². The minimum absolute atomic E-state index is 0.102. The minimum atomic E-state index is -1.25. The van der Waals surface area contributed by atoms with E-state index in [1.165, 1.54) is 0 Å². The average Bonchev–Trinajstić information content (AvgIpc) is 2.18. The van der Waals surface area contributed by atoms with Crippen LogP contribution in [0, 0.1) is 10.1 Å².